The molecule has 0 amide bonds. The molecular formula is C20H31N7. The van der Waals surface area contributed by atoms with E-state index in [0.29, 0.717) is 6.04 Å². The van der Waals surface area contributed by atoms with Gasteiger partial charge in [0, 0.05) is 17.3 Å². The van der Waals surface area contributed by atoms with Crippen LogP contribution in [0.25, 0.3) is 0 Å². The van der Waals surface area contributed by atoms with E-state index in [1.165, 1.54) is 37.8 Å². The number of hydrogen-bond donors (Lipinski definition) is 1. The molecule has 0 saturated heterocycles. The molecule has 1 N–H and O–H groups in total. The highest BCUT2D eigenvalue weighted by atomic mass is 15.6. The van der Waals surface area contributed by atoms with Gasteiger partial charge in [0.15, 0.2) is 5.82 Å². The van der Waals surface area contributed by atoms with Crippen molar-refractivity contribution in [3.63, 3.8) is 0 Å². The summed E-state index contributed by atoms with van der Waals surface area (Å²) in [5.41, 5.74) is 2.61. The second-order valence-electron chi connectivity index (χ2n) is 9.75. The van der Waals surface area contributed by atoms with E-state index in [1.807, 2.05) is 11.7 Å². The molecule has 4 aliphatic carbocycles. The van der Waals surface area contributed by atoms with E-state index in [1.54, 1.807) is 0 Å². The SMILES string of the molecule is Cc1cc(C)n(C[C@H](C)NC23C[C@@H]4C[C@@H](C2)CC(n2nnc(C)n2)(C4)C3)n1. The van der Waals surface area contributed by atoms with Crippen molar-refractivity contribution in [3.05, 3.63) is 23.3 Å². The molecule has 2 heterocycles. The molecule has 146 valence electrons. The predicted molar refractivity (Wildman–Crippen MR) is 102 cm³/mol. The van der Waals surface area contributed by atoms with Gasteiger partial charge in [-0.15, -0.1) is 10.2 Å². The van der Waals surface area contributed by atoms with Crippen molar-refractivity contribution in [2.24, 2.45) is 11.8 Å². The zero-order chi connectivity index (χ0) is 18.8. The highest BCUT2D eigenvalue weighted by molar-refractivity contribution is 5.14. The second kappa shape index (κ2) is 5.87. The average Bonchev–Trinajstić information content (AvgIpc) is 3.11. The molecule has 0 spiro atoms. The van der Waals surface area contributed by atoms with Crippen molar-refractivity contribution in [3.8, 4) is 0 Å². The molecule has 4 fully saturated rings. The van der Waals surface area contributed by atoms with Crippen LogP contribution in [0.2, 0.25) is 0 Å². The Morgan fingerprint density at radius 3 is 2.48 bits per heavy atom. The van der Waals surface area contributed by atoms with Crippen molar-refractivity contribution in [2.45, 2.75) is 89.9 Å². The quantitative estimate of drug-likeness (QED) is 0.877. The molecule has 0 radical (unpaired) electrons. The van der Waals surface area contributed by atoms with Gasteiger partial charge in [0.1, 0.15) is 0 Å². The lowest BCUT2D eigenvalue weighted by Gasteiger charge is -2.62. The number of nitrogens with zero attached hydrogens (tertiary/aromatic N) is 6. The summed E-state index contributed by atoms with van der Waals surface area (Å²) in [6.45, 7) is 9.38. The van der Waals surface area contributed by atoms with Crippen LogP contribution in [0.3, 0.4) is 0 Å². The second-order valence-corrected chi connectivity index (χ2v) is 9.75. The summed E-state index contributed by atoms with van der Waals surface area (Å²) in [5.74, 6) is 2.35. The van der Waals surface area contributed by atoms with E-state index in [4.69, 9.17) is 0 Å². The van der Waals surface area contributed by atoms with E-state index in [0.717, 1.165) is 36.3 Å². The van der Waals surface area contributed by atoms with Gasteiger partial charge in [0.2, 0.25) is 0 Å². The van der Waals surface area contributed by atoms with Crippen molar-refractivity contribution < 1.29 is 0 Å². The van der Waals surface area contributed by atoms with Crippen LogP contribution in [0.1, 0.15) is 62.7 Å². The van der Waals surface area contributed by atoms with Crippen LogP contribution in [0.4, 0.5) is 0 Å². The van der Waals surface area contributed by atoms with E-state index >= 15 is 0 Å². The maximum absolute atomic E-state index is 4.65. The Morgan fingerprint density at radius 2 is 1.89 bits per heavy atom. The molecular weight excluding hydrogens is 338 g/mol. The van der Waals surface area contributed by atoms with E-state index < -0.39 is 0 Å². The highest BCUT2D eigenvalue weighted by Crippen LogP contribution is 2.60. The van der Waals surface area contributed by atoms with Gasteiger partial charge in [-0.05, 0) is 89.3 Å². The number of rotatable bonds is 5. The molecule has 2 aromatic heterocycles. The summed E-state index contributed by atoms with van der Waals surface area (Å²) < 4.78 is 2.14. The Labute approximate surface area is 160 Å². The lowest BCUT2D eigenvalue weighted by Crippen LogP contribution is -2.66. The first-order chi connectivity index (χ1) is 12.8. The van der Waals surface area contributed by atoms with Gasteiger partial charge in [0.05, 0.1) is 17.8 Å². The van der Waals surface area contributed by atoms with E-state index in [-0.39, 0.29) is 11.1 Å². The zero-order valence-corrected chi connectivity index (χ0v) is 16.9. The Morgan fingerprint density at radius 1 is 1.15 bits per heavy atom. The Balaban J connectivity index is 1.38. The summed E-state index contributed by atoms with van der Waals surface area (Å²) in [7, 11) is 0. The summed E-state index contributed by atoms with van der Waals surface area (Å²) in [6.07, 6.45) is 7.53. The number of aryl methyl sites for hydroxylation is 3. The molecule has 7 nitrogen and oxygen atoms in total. The minimum atomic E-state index is 0.0657. The molecule has 7 heteroatoms. The smallest absolute Gasteiger partial charge is 0.171 e. The van der Waals surface area contributed by atoms with Gasteiger partial charge in [-0.3, -0.25) is 4.68 Å². The van der Waals surface area contributed by atoms with Crippen LogP contribution in [-0.2, 0) is 12.1 Å². The van der Waals surface area contributed by atoms with Crippen molar-refractivity contribution >= 4 is 0 Å². The molecule has 27 heavy (non-hydrogen) atoms. The lowest BCUT2D eigenvalue weighted by atomic mass is 9.50. The number of tetrazole rings is 1. The van der Waals surface area contributed by atoms with Crippen LogP contribution >= 0.6 is 0 Å². The summed E-state index contributed by atoms with van der Waals surface area (Å²) in [4.78, 5) is 1.97. The van der Waals surface area contributed by atoms with E-state index in [9.17, 15) is 0 Å². The third-order valence-electron chi connectivity index (χ3n) is 7.07. The van der Waals surface area contributed by atoms with Gasteiger partial charge in [-0.1, -0.05) is 0 Å². The molecule has 4 aliphatic rings. The molecule has 3 atom stereocenters. The Bertz CT molecular complexity index is 836. The zero-order valence-electron chi connectivity index (χ0n) is 16.9. The minimum absolute atomic E-state index is 0.0657. The third-order valence-corrected chi connectivity index (χ3v) is 7.07. The van der Waals surface area contributed by atoms with Crippen LogP contribution < -0.4 is 5.32 Å². The normalized spacial score (nSPS) is 35.7. The Hall–Kier alpha value is -1.76. The first-order valence-corrected chi connectivity index (χ1v) is 10.4. The topological polar surface area (TPSA) is 73.5 Å². The summed E-state index contributed by atoms with van der Waals surface area (Å²) in [6, 6.07) is 2.55. The van der Waals surface area contributed by atoms with Crippen LogP contribution in [-0.4, -0.2) is 41.6 Å². The maximum Gasteiger partial charge on any atom is 0.171 e. The molecule has 4 bridgehead atoms. The first-order valence-electron chi connectivity index (χ1n) is 10.4. The summed E-state index contributed by atoms with van der Waals surface area (Å²) >= 11 is 0. The highest BCUT2D eigenvalue weighted by Gasteiger charge is 2.59. The van der Waals surface area contributed by atoms with E-state index in [2.05, 4.69) is 57.3 Å². The number of hydrogen-bond acceptors (Lipinski definition) is 5. The minimum Gasteiger partial charge on any atom is -0.307 e. The predicted octanol–water partition coefficient (Wildman–Crippen LogP) is 2.52. The van der Waals surface area contributed by atoms with Gasteiger partial charge in [-0.2, -0.15) is 9.90 Å². The fraction of sp³-hybridized carbons (Fsp3) is 0.800. The molecule has 6 rings (SSSR count). The van der Waals surface area contributed by atoms with Gasteiger partial charge >= 0.3 is 0 Å². The van der Waals surface area contributed by atoms with Gasteiger partial charge < -0.3 is 5.32 Å². The molecule has 0 unspecified atom stereocenters. The third kappa shape index (κ3) is 2.91. The lowest BCUT2D eigenvalue weighted by molar-refractivity contribution is -0.0882. The van der Waals surface area contributed by atoms with Gasteiger partial charge in [-0.25, -0.2) is 0 Å². The van der Waals surface area contributed by atoms with Crippen LogP contribution in [0.15, 0.2) is 6.07 Å². The Kier molecular flexibility index (Phi) is 3.77. The largest absolute Gasteiger partial charge is 0.307 e. The molecule has 0 aliphatic heterocycles. The molecule has 0 aromatic carbocycles. The van der Waals surface area contributed by atoms with Crippen LogP contribution in [0.5, 0.6) is 0 Å². The monoisotopic (exact) mass is 369 g/mol. The van der Waals surface area contributed by atoms with Crippen molar-refractivity contribution in [1.29, 1.82) is 0 Å². The van der Waals surface area contributed by atoms with Gasteiger partial charge in [0.25, 0.3) is 0 Å². The maximum atomic E-state index is 4.65. The average molecular weight is 370 g/mol. The summed E-state index contributed by atoms with van der Waals surface area (Å²) in [5, 5.41) is 22.0. The fourth-order valence-corrected chi connectivity index (χ4v) is 6.79. The molecule has 4 saturated carbocycles. The molecule has 2 aromatic rings. The first kappa shape index (κ1) is 17.3. The van der Waals surface area contributed by atoms with Crippen molar-refractivity contribution in [1.82, 2.24) is 35.3 Å². The number of nitrogens with one attached hydrogen (secondary N) is 1. The van der Waals surface area contributed by atoms with Crippen molar-refractivity contribution in [2.75, 3.05) is 0 Å². The number of aromatic nitrogens is 6. The van der Waals surface area contributed by atoms with Crippen LogP contribution in [0, 0.1) is 32.6 Å². The fourth-order valence-electron chi connectivity index (χ4n) is 6.79. The standard InChI is InChI=1S/C20H31N7/c1-13-5-15(3)26(23-13)11-14(2)21-19-7-17-6-18(8-19)10-20(9-17,12-19)27-24-16(4)22-25-27/h5,14,17-18,21H,6-12H2,1-4H3/t14-,17-,18-,19?,20?/m0/s1.